The minimum Gasteiger partial charge on any atom is -0.330 e. The van der Waals surface area contributed by atoms with Crippen molar-refractivity contribution in [2.75, 3.05) is 10.6 Å². The Bertz CT molecular complexity index is 851. The van der Waals surface area contributed by atoms with Gasteiger partial charge in [-0.15, -0.1) is 10.2 Å². The summed E-state index contributed by atoms with van der Waals surface area (Å²) >= 11 is 2.83. The van der Waals surface area contributed by atoms with Crippen LogP contribution in [0.5, 0.6) is 0 Å². The quantitative estimate of drug-likeness (QED) is 0.615. The Morgan fingerprint density at radius 2 is 1.80 bits per heavy atom. The van der Waals surface area contributed by atoms with Gasteiger partial charge >= 0.3 is 0 Å². The molecule has 0 aliphatic heterocycles. The van der Waals surface area contributed by atoms with Crippen LogP contribution in [0.1, 0.15) is 12.5 Å². The highest BCUT2D eigenvalue weighted by Gasteiger charge is 2.18. The van der Waals surface area contributed by atoms with Crippen LogP contribution < -0.4 is 10.6 Å². The maximum Gasteiger partial charge on any atom is 0.237 e. The van der Waals surface area contributed by atoms with E-state index in [1.54, 1.807) is 0 Å². The molecule has 0 saturated carbocycles. The summed E-state index contributed by atoms with van der Waals surface area (Å²) in [5.74, 6) is -0.0490. The zero-order chi connectivity index (χ0) is 17.6. The highest BCUT2D eigenvalue weighted by Crippen LogP contribution is 2.31. The summed E-state index contributed by atoms with van der Waals surface area (Å²) in [6.45, 7) is 3.84. The number of aryl methyl sites for hydroxylation is 1. The number of hydrogen-bond acceptors (Lipinski definition) is 6. The van der Waals surface area contributed by atoms with E-state index in [2.05, 4.69) is 20.8 Å². The first kappa shape index (κ1) is 17.4. The van der Waals surface area contributed by atoms with Gasteiger partial charge in [-0.25, -0.2) is 0 Å². The van der Waals surface area contributed by atoms with Gasteiger partial charge < -0.3 is 10.6 Å². The van der Waals surface area contributed by atoms with E-state index < -0.39 is 0 Å². The van der Waals surface area contributed by atoms with Gasteiger partial charge in [0.2, 0.25) is 11.0 Å². The molecule has 7 heteroatoms. The van der Waals surface area contributed by atoms with E-state index in [1.807, 2.05) is 68.4 Å². The maximum atomic E-state index is 12.4. The fraction of sp³-hybridized carbons (Fsp3) is 0.167. The number of nitrogens with one attached hydrogen (secondary N) is 2. The molecule has 1 unspecified atom stereocenters. The molecule has 128 valence electrons. The summed E-state index contributed by atoms with van der Waals surface area (Å²) in [5.41, 5.74) is 2.84. The number of thioether (sulfide) groups is 1. The van der Waals surface area contributed by atoms with Crippen molar-refractivity contribution in [1.29, 1.82) is 0 Å². The molecule has 2 N–H and O–H groups in total. The number of carbonyl (C=O) groups excluding carboxylic acids is 1. The first-order chi connectivity index (χ1) is 12.1. The molecule has 2 aromatic carbocycles. The van der Waals surface area contributed by atoms with Crippen LogP contribution in [0.4, 0.5) is 16.5 Å². The molecule has 0 aliphatic carbocycles. The Hall–Kier alpha value is -2.38. The fourth-order valence-corrected chi connectivity index (χ4v) is 4.02. The number of carbonyl (C=O) groups is 1. The van der Waals surface area contributed by atoms with Crippen LogP contribution >= 0.6 is 23.1 Å². The molecule has 25 heavy (non-hydrogen) atoms. The first-order valence-corrected chi connectivity index (χ1v) is 9.50. The van der Waals surface area contributed by atoms with Crippen LogP contribution in [0, 0.1) is 6.92 Å². The van der Waals surface area contributed by atoms with Crippen molar-refractivity contribution in [2.24, 2.45) is 0 Å². The molecule has 5 nitrogen and oxygen atoms in total. The number of nitrogens with zero attached hydrogens (tertiary/aromatic N) is 2. The summed E-state index contributed by atoms with van der Waals surface area (Å²) in [6, 6.07) is 17.5. The normalized spacial score (nSPS) is 11.8. The average Bonchev–Trinajstić information content (AvgIpc) is 3.04. The van der Waals surface area contributed by atoms with Gasteiger partial charge in [0.15, 0.2) is 4.34 Å². The highest BCUT2D eigenvalue weighted by molar-refractivity contribution is 8.02. The van der Waals surface area contributed by atoms with E-state index in [0.29, 0.717) is 5.13 Å². The smallest absolute Gasteiger partial charge is 0.237 e. The third-order valence-corrected chi connectivity index (χ3v) is 5.50. The standard InChI is InChI=1S/C18H18N4OS2/c1-12-8-6-7-11-15(12)20-16(23)13(2)24-18-22-21-17(25-18)19-14-9-4-3-5-10-14/h3-11,13H,1-2H3,(H,19,21)(H,20,23). The molecule has 0 saturated heterocycles. The lowest BCUT2D eigenvalue weighted by Gasteiger charge is -2.11. The van der Waals surface area contributed by atoms with Crippen molar-refractivity contribution in [1.82, 2.24) is 10.2 Å². The molecule has 0 radical (unpaired) electrons. The molecule has 1 aromatic heterocycles. The van der Waals surface area contributed by atoms with Gasteiger partial charge in [0.1, 0.15) is 0 Å². The van der Waals surface area contributed by atoms with Crippen molar-refractivity contribution >= 4 is 45.5 Å². The van der Waals surface area contributed by atoms with Gasteiger partial charge in [0, 0.05) is 11.4 Å². The summed E-state index contributed by atoms with van der Waals surface area (Å²) in [7, 11) is 0. The van der Waals surface area contributed by atoms with E-state index in [1.165, 1.54) is 23.1 Å². The van der Waals surface area contributed by atoms with Gasteiger partial charge in [0.25, 0.3) is 0 Å². The lowest BCUT2D eigenvalue weighted by molar-refractivity contribution is -0.115. The topological polar surface area (TPSA) is 66.9 Å². The number of benzene rings is 2. The summed E-state index contributed by atoms with van der Waals surface area (Å²) in [4.78, 5) is 12.4. The second-order valence-electron chi connectivity index (χ2n) is 5.43. The van der Waals surface area contributed by atoms with Gasteiger partial charge in [-0.2, -0.15) is 0 Å². The molecule has 1 heterocycles. The lowest BCUT2D eigenvalue weighted by Crippen LogP contribution is -2.22. The second-order valence-corrected chi connectivity index (χ2v) is 7.99. The molecule has 1 amide bonds. The summed E-state index contributed by atoms with van der Waals surface area (Å²) < 4.78 is 0.755. The van der Waals surface area contributed by atoms with Gasteiger partial charge in [0.05, 0.1) is 5.25 Å². The van der Waals surface area contributed by atoms with Crippen molar-refractivity contribution in [3.8, 4) is 0 Å². The average molecular weight is 371 g/mol. The number of aromatic nitrogens is 2. The predicted molar refractivity (Wildman–Crippen MR) is 105 cm³/mol. The lowest BCUT2D eigenvalue weighted by atomic mass is 10.2. The SMILES string of the molecule is Cc1ccccc1NC(=O)C(C)Sc1nnc(Nc2ccccc2)s1. The summed E-state index contributed by atoms with van der Waals surface area (Å²) in [6.07, 6.45) is 0. The molecule has 0 aliphatic rings. The monoisotopic (exact) mass is 370 g/mol. The predicted octanol–water partition coefficient (Wildman–Crippen LogP) is 4.71. The molecule has 0 spiro atoms. The molecule has 0 fully saturated rings. The largest absolute Gasteiger partial charge is 0.330 e. The molecule has 0 bridgehead atoms. The Kier molecular flexibility index (Phi) is 5.67. The Morgan fingerprint density at radius 1 is 1.08 bits per heavy atom. The van der Waals surface area contributed by atoms with E-state index in [-0.39, 0.29) is 11.2 Å². The number of hydrogen-bond donors (Lipinski definition) is 2. The van der Waals surface area contributed by atoms with Crippen molar-refractivity contribution < 1.29 is 4.79 Å². The Balaban J connectivity index is 1.58. The zero-order valence-electron chi connectivity index (χ0n) is 13.9. The molecule has 3 aromatic rings. The van der Waals surface area contributed by atoms with Gasteiger partial charge in [-0.1, -0.05) is 59.5 Å². The van der Waals surface area contributed by atoms with E-state index >= 15 is 0 Å². The minimum atomic E-state index is -0.267. The second kappa shape index (κ2) is 8.13. The van der Waals surface area contributed by atoms with Crippen LogP contribution in [-0.2, 0) is 4.79 Å². The fourth-order valence-electron chi connectivity index (χ4n) is 2.11. The number of para-hydroxylation sites is 2. The zero-order valence-corrected chi connectivity index (χ0v) is 15.5. The molecular formula is C18H18N4OS2. The van der Waals surface area contributed by atoms with Crippen LogP contribution in [0.15, 0.2) is 58.9 Å². The number of anilines is 3. The summed E-state index contributed by atoms with van der Waals surface area (Å²) in [5, 5.41) is 14.9. The van der Waals surface area contributed by atoms with Crippen molar-refractivity contribution in [3.05, 3.63) is 60.2 Å². The molecule has 1 atom stereocenters. The highest BCUT2D eigenvalue weighted by atomic mass is 32.2. The Labute approximate surface area is 154 Å². The van der Waals surface area contributed by atoms with Crippen LogP contribution in [0.3, 0.4) is 0 Å². The van der Waals surface area contributed by atoms with Crippen molar-refractivity contribution in [2.45, 2.75) is 23.4 Å². The maximum absolute atomic E-state index is 12.4. The molecular weight excluding hydrogens is 352 g/mol. The van der Waals surface area contributed by atoms with Gasteiger partial charge in [-0.3, -0.25) is 4.79 Å². The van der Waals surface area contributed by atoms with Crippen LogP contribution in [-0.4, -0.2) is 21.4 Å². The third-order valence-electron chi connectivity index (χ3n) is 3.48. The number of rotatable bonds is 6. The van der Waals surface area contributed by atoms with Crippen LogP contribution in [0.25, 0.3) is 0 Å². The minimum absolute atomic E-state index is 0.0490. The van der Waals surface area contributed by atoms with E-state index in [0.717, 1.165) is 21.3 Å². The van der Waals surface area contributed by atoms with E-state index in [9.17, 15) is 4.79 Å². The van der Waals surface area contributed by atoms with E-state index in [4.69, 9.17) is 0 Å². The van der Waals surface area contributed by atoms with Crippen LogP contribution in [0.2, 0.25) is 0 Å². The van der Waals surface area contributed by atoms with Gasteiger partial charge in [-0.05, 0) is 37.6 Å². The Morgan fingerprint density at radius 3 is 2.56 bits per heavy atom. The first-order valence-electron chi connectivity index (χ1n) is 7.80. The third kappa shape index (κ3) is 4.80. The van der Waals surface area contributed by atoms with Crippen molar-refractivity contribution in [3.63, 3.8) is 0 Å². The number of amides is 1. The molecule has 3 rings (SSSR count).